The number of nitrogens with zero attached hydrogens (tertiary/aromatic N) is 2. The summed E-state index contributed by atoms with van der Waals surface area (Å²) < 4.78 is 2.39. The summed E-state index contributed by atoms with van der Waals surface area (Å²) in [7, 11) is 0. The number of para-hydroxylation sites is 1. The monoisotopic (exact) mass is 720 g/mol. The van der Waals surface area contributed by atoms with Gasteiger partial charge in [-0.25, -0.2) is 0 Å². The molecular formula is C54H44N2. The fourth-order valence-corrected chi connectivity index (χ4v) is 8.99. The number of fused-ring (bicyclic) bond motifs is 6. The van der Waals surface area contributed by atoms with Gasteiger partial charge in [-0.2, -0.15) is 0 Å². The van der Waals surface area contributed by atoms with Crippen LogP contribution in [0.2, 0.25) is 0 Å². The standard InChI is InChI=1S/C54H44N2/c1-54(2)50-21-14-13-19-46(50)47-33-32-45(37-51(47)54)55(43-28-23-39(24-29-43)35-38-15-7-3-4-8-16-38)44-30-25-40(26-31-44)41-27-34-53-49(36-41)48-20-11-6-12-22-52(48)56(53)42-17-9-5-10-18-42/h3-5,7,9-34,36-37H,6,8,35H2,1-2H3. The van der Waals surface area contributed by atoms with Crippen LogP contribution in [0.4, 0.5) is 17.1 Å². The maximum atomic E-state index is 2.42. The van der Waals surface area contributed by atoms with E-state index in [1.165, 1.54) is 72.4 Å². The minimum Gasteiger partial charge on any atom is -0.310 e. The number of benzene rings is 6. The molecule has 0 saturated heterocycles. The lowest BCUT2D eigenvalue weighted by Gasteiger charge is -2.28. The predicted octanol–water partition coefficient (Wildman–Crippen LogP) is 14.5. The average molecular weight is 721 g/mol. The van der Waals surface area contributed by atoms with Gasteiger partial charge in [-0.3, -0.25) is 0 Å². The Bertz CT molecular complexity index is 2770. The van der Waals surface area contributed by atoms with Crippen LogP contribution in [0.1, 0.15) is 54.6 Å². The molecule has 3 aliphatic rings. The number of anilines is 3. The molecule has 0 aliphatic heterocycles. The molecule has 0 saturated carbocycles. The first-order chi connectivity index (χ1) is 27.5. The Morgan fingerprint density at radius 1 is 0.571 bits per heavy atom. The lowest BCUT2D eigenvalue weighted by molar-refractivity contribution is 0.660. The van der Waals surface area contributed by atoms with Crippen LogP contribution in [0.3, 0.4) is 0 Å². The zero-order valence-electron chi connectivity index (χ0n) is 32.0. The lowest BCUT2D eigenvalue weighted by atomic mass is 9.82. The van der Waals surface area contributed by atoms with Gasteiger partial charge < -0.3 is 9.47 Å². The van der Waals surface area contributed by atoms with E-state index in [1.807, 2.05) is 0 Å². The minimum absolute atomic E-state index is 0.0859. The molecule has 3 aliphatic carbocycles. The number of aromatic nitrogens is 1. The van der Waals surface area contributed by atoms with E-state index in [0.29, 0.717) is 0 Å². The molecule has 56 heavy (non-hydrogen) atoms. The summed E-state index contributed by atoms with van der Waals surface area (Å²) in [5.74, 6) is 0. The number of allylic oxidation sites excluding steroid dienone is 8. The minimum atomic E-state index is -0.0859. The number of hydrogen-bond donors (Lipinski definition) is 0. The summed E-state index contributed by atoms with van der Waals surface area (Å²) in [6.45, 7) is 4.72. The van der Waals surface area contributed by atoms with Gasteiger partial charge in [0.05, 0.1) is 11.2 Å². The molecule has 2 heteroatoms. The average Bonchev–Trinajstić information content (AvgIpc) is 3.41. The third kappa shape index (κ3) is 5.90. The second-order valence-corrected chi connectivity index (χ2v) is 15.7. The Balaban J connectivity index is 1.04. The molecule has 0 atom stereocenters. The highest BCUT2D eigenvalue weighted by Gasteiger charge is 2.35. The van der Waals surface area contributed by atoms with Crippen LogP contribution in [0.5, 0.6) is 0 Å². The molecule has 0 radical (unpaired) electrons. The van der Waals surface area contributed by atoms with E-state index in [9.17, 15) is 0 Å². The summed E-state index contributed by atoms with van der Waals surface area (Å²) in [4.78, 5) is 2.42. The Morgan fingerprint density at radius 2 is 1.29 bits per heavy atom. The van der Waals surface area contributed by atoms with E-state index < -0.39 is 0 Å². The second kappa shape index (κ2) is 13.9. The molecule has 0 unspecified atom stereocenters. The topological polar surface area (TPSA) is 8.17 Å². The summed E-state index contributed by atoms with van der Waals surface area (Å²) in [6.07, 6.45) is 23.0. The molecule has 270 valence electrons. The van der Waals surface area contributed by atoms with Crippen LogP contribution in [-0.2, 0) is 11.8 Å². The number of hydrogen-bond acceptors (Lipinski definition) is 1. The van der Waals surface area contributed by atoms with Crippen molar-refractivity contribution in [3.05, 3.63) is 216 Å². The fourth-order valence-electron chi connectivity index (χ4n) is 8.99. The van der Waals surface area contributed by atoms with Gasteiger partial charge in [0.25, 0.3) is 0 Å². The van der Waals surface area contributed by atoms with Gasteiger partial charge in [-0.05, 0) is 131 Å². The fraction of sp³-hybridized carbons (Fsp3) is 0.111. The van der Waals surface area contributed by atoms with Crippen LogP contribution in [0.25, 0.3) is 51.0 Å². The predicted molar refractivity (Wildman–Crippen MR) is 238 cm³/mol. The summed E-state index contributed by atoms with van der Waals surface area (Å²) in [6, 6.07) is 51.9. The van der Waals surface area contributed by atoms with Gasteiger partial charge in [0.2, 0.25) is 0 Å². The zero-order valence-corrected chi connectivity index (χ0v) is 32.0. The molecule has 6 aromatic carbocycles. The molecule has 0 N–H and O–H groups in total. The van der Waals surface area contributed by atoms with Crippen LogP contribution >= 0.6 is 0 Å². The highest BCUT2D eigenvalue weighted by molar-refractivity contribution is 5.98. The van der Waals surface area contributed by atoms with Crippen molar-refractivity contribution in [2.24, 2.45) is 0 Å². The van der Waals surface area contributed by atoms with Crippen LogP contribution in [0.15, 0.2) is 188 Å². The summed E-state index contributed by atoms with van der Waals surface area (Å²) >= 11 is 0. The van der Waals surface area contributed by atoms with Crippen LogP contribution < -0.4 is 4.90 Å². The molecule has 0 bridgehead atoms. The van der Waals surface area contributed by atoms with Crippen LogP contribution in [0, 0.1) is 0 Å². The van der Waals surface area contributed by atoms with E-state index in [2.05, 4.69) is 218 Å². The maximum absolute atomic E-state index is 2.42. The van der Waals surface area contributed by atoms with Crippen molar-refractivity contribution in [1.82, 2.24) is 4.57 Å². The molecule has 0 spiro atoms. The van der Waals surface area contributed by atoms with Gasteiger partial charge in [-0.15, -0.1) is 0 Å². The van der Waals surface area contributed by atoms with E-state index in [0.717, 1.165) is 36.3 Å². The second-order valence-electron chi connectivity index (χ2n) is 15.7. The molecule has 2 nitrogen and oxygen atoms in total. The third-order valence-electron chi connectivity index (χ3n) is 11.9. The van der Waals surface area contributed by atoms with Crippen LogP contribution in [-0.4, -0.2) is 4.57 Å². The van der Waals surface area contributed by atoms with Crippen molar-refractivity contribution in [3.63, 3.8) is 0 Å². The highest BCUT2D eigenvalue weighted by Crippen LogP contribution is 2.50. The molecule has 0 amide bonds. The first kappa shape index (κ1) is 33.9. The van der Waals surface area contributed by atoms with Gasteiger partial charge in [0.15, 0.2) is 0 Å². The summed E-state index contributed by atoms with van der Waals surface area (Å²) in [5, 5.41) is 1.27. The molecule has 1 heterocycles. The first-order valence-corrected chi connectivity index (χ1v) is 19.9. The van der Waals surface area contributed by atoms with Gasteiger partial charge in [0, 0.05) is 39.1 Å². The van der Waals surface area contributed by atoms with Gasteiger partial charge in [0.1, 0.15) is 0 Å². The Labute approximate surface area is 330 Å². The van der Waals surface area contributed by atoms with Crippen molar-refractivity contribution in [2.75, 3.05) is 4.90 Å². The van der Waals surface area contributed by atoms with E-state index >= 15 is 0 Å². The van der Waals surface area contributed by atoms with E-state index in [1.54, 1.807) is 0 Å². The molecule has 7 aromatic rings. The van der Waals surface area contributed by atoms with Crippen molar-refractivity contribution in [3.8, 4) is 27.9 Å². The number of rotatable bonds is 7. The Kier molecular flexibility index (Phi) is 8.41. The molecular weight excluding hydrogens is 677 g/mol. The van der Waals surface area contributed by atoms with Crippen molar-refractivity contribution >= 4 is 40.1 Å². The molecule has 0 fully saturated rings. The zero-order chi connectivity index (χ0) is 37.6. The maximum Gasteiger partial charge on any atom is 0.0541 e. The smallest absolute Gasteiger partial charge is 0.0541 e. The van der Waals surface area contributed by atoms with Crippen molar-refractivity contribution in [2.45, 2.75) is 38.5 Å². The van der Waals surface area contributed by atoms with E-state index in [4.69, 9.17) is 0 Å². The highest BCUT2D eigenvalue weighted by atomic mass is 15.1. The largest absolute Gasteiger partial charge is 0.310 e. The van der Waals surface area contributed by atoms with Crippen molar-refractivity contribution < 1.29 is 0 Å². The quantitative estimate of drug-likeness (QED) is 0.159. The van der Waals surface area contributed by atoms with E-state index in [-0.39, 0.29) is 5.41 Å². The Morgan fingerprint density at radius 3 is 2.12 bits per heavy atom. The molecule has 1 aromatic heterocycles. The molecule has 10 rings (SSSR count). The van der Waals surface area contributed by atoms with Crippen molar-refractivity contribution in [1.29, 1.82) is 0 Å². The summed E-state index contributed by atoms with van der Waals surface area (Å²) in [5.41, 5.74) is 18.8. The SMILES string of the molecule is CC1(C)c2ccccc2-c2ccc(N(c3ccc(CC4=CCC=CC=C4)cc3)c3ccc(-c4ccc5c(c4)c4c(n5-c5ccccc5)C=CCC=C4)cc3)cc21. The normalized spacial score (nSPS) is 14.9. The first-order valence-electron chi connectivity index (χ1n) is 19.9. The van der Waals surface area contributed by atoms with Gasteiger partial charge in [-0.1, -0.05) is 141 Å². The lowest BCUT2D eigenvalue weighted by Crippen LogP contribution is -2.16. The Hall–Kier alpha value is -6.64. The third-order valence-corrected chi connectivity index (χ3v) is 11.9. The van der Waals surface area contributed by atoms with Gasteiger partial charge >= 0.3 is 0 Å².